The Morgan fingerprint density at radius 2 is 0.836 bits per heavy atom. The van der Waals surface area contributed by atoms with Crippen LogP contribution in [-0.4, -0.2) is 0 Å². The standard InChI is InChI=1S/C55H36/c1-55(2)50-24-10-9-18-40(50)48-32-35(26-30-51(48)55)52-42-19-7-8-20-43(42)54(46-29-28-45-39-17-6-5-16-38(39)41-22-12-23-44(46)53(41)45)47-27-25-34(31-49(47)52)37-21-11-14-33-13-3-4-15-36(33)37/h3-32H,1-2H3. The molecule has 0 saturated heterocycles. The summed E-state index contributed by atoms with van der Waals surface area (Å²) in [6.07, 6.45) is 0. The maximum absolute atomic E-state index is 2.48. The van der Waals surface area contributed by atoms with Gasteiger partial charge >= 0.3 is 0 Å². The van der Waals surface area contributed by atoms with Gasteiger partial charge < -0.3 is 0 Å². The SMILES string of the molecule is CC1(C)c2ccccc2-c2cc(-c3c4ccccc4c(-c4ccc5c6c(cccc46)-c4ccccc4-5)c4ccc(-c5cccc6ccccc56)cc34)ccc21. The lowest BCUT2D eigenvalue weighted by atomic mass is 9.81. The zero-order valence-electron chi connectivity index (χ0n) is 30.8. The van der Waals surface area contributed by atoms with Crippen molar-refractivity contribution in [1.82, 2.24) is 0 Å². The quantitative estimate of drug-likeness (QED) is 0.161. The molecule has 0 aliphatic heterocycles. The molecular formula is C55H36. The van der Waals surface area contributed by atoms with E-state index in [2.05, 4.69) is 196 Å². The van der Waals surface area contributed by atoms with Crippen LogP contribution >= 0.6 is 0 Å². The molecule has 0 radical (unpaired) electrons. The van der Waals surface area contributed by atoms with Crippen LogP contribution in [0, 0.1) is 0 Å². The minimum atomic E-state index is -0.0462. The van der Waals surface area contributed by atoms with Gasteiger partial charge in [-0.1, -0.05) is 184 Å². The molecule has 0 spiro atoms. The van der Waals surface area contributed by atoms with Gasteiger partial charge in [-0.25, -0.2) is 0 Å². The van der Waals surface area contributed by atoms with Gasteiger partial charge in [-0.05, 0) is 133 Å². The highest BCUT2D eigenvalue weighted by Gasteiger charge is 2.35. The van der Waals surface area contributed by atoms with Crippen LogP contribution in [0.2, 0.25) is 0 Å². The van der Waals surface area contributed by atoms with Crippen LogP contribution < -0.4 is 0 Å². The Bertz CT molecular complexity index is 3250. The van der Waals surface area contributed by atoms with Crippen LogP contribution in [0.4, 0.5) is 0 Å². The van der Waals surface area contributed by atoms with Crippen molar-refractivity contribution in [3.05, 3.63) is 193 Å². The Morgan fingerprint density at radius 3 is 1.67 bits per heavy atom. The van der Waals surface area contributed by atoms with Crippen molar-refractivity contribution in [3.63, 3.8) is 0 Å². The van der Waals surface area contributed by atoms with E-state index < -0.39 is 0 Å². The van der Waals surface area contributed by atoms with Crippen LogP contribution in [0.1, 0.15) is 25.0 Å². The highest BCUT2D eigenvalue weighted by molar-refractivity contribution is 6.27. The third-order valence-electron chi connectivity index (χ3n) is 12.8. The van der Waals surface area contributed by atoms with E-state index in [4.69, 9.17) is 0 Å². The molecule has 0 atom stereocenters. The zero-order chi connectivity index (χ0) is 36.4. The highest BCUT2D eigenvalue weighted by Crippen LogP contribution is 2.54. The predicted molar refractivity (Wildman–Crippen MR) is 235 cm³/mol. The van der Waals surface area contributed by atoms with Crippen LogP contribution in [0.3, 0.4) is 0 Å². The lowest BCUT2D eigenvalue weighted by Gasteiger charge is -2.22. The lowest BCUT2D eigenvalue weighted by Crippen LogP contribution is -2.14. The van der Waals surface area contributed by atoms with Crippen LogP contribution in [0.25, 0.3) is 110 Å². The van der Waals surface area contributed by atoms with E-state index in [1.807, 2.05) is 0 Å². The third kappa shape index (κ3) is 4.17. The van der Waals surface area contributed by atoms with E-state index in [9.17, 15) is 0 Å². The number of benzene rings is 10. The third-order valence-corrected chi connectivity index (χ3v) is 12.8. The van der Waals surface area contributed by atoms with Crippen molar-refractivity contribution >= 4 is 43.1 Å². The first-order valence-electron chi connectivity index (χ1n) is 19.4. The van der Waals surface area contributed by atoms with Gasteiger partial charge in [-0.3, -0.25) is 0 Å². The molecule has 0 unspecified atom stereocenters. The van der Waals surface area contributed by atoms with E-state index in [1.54, 1.807) is 0 Å². The summed E-state index contributed by atoms with van der Waals surface area (Å²) in [5.74, 6) is 0. The monoisotopic (exact) mass is 696 g/mol. The zero-order valence-corrected chi connectivity index (χ0v) is 30.8. The predicted octanol–water partition coefficient (Wildman–Crippen LogP) is 15.3. The molecule has 10 aromatic carbocycles. The molecule has 0 bridgehead atoms. The van der Waals surface area contributed by atoms with E-state index in [0.717, 1.165) is 0 Å². The van der Waals surface area contributed by atoms with Crippen LogP contribution in [-0.2, 0) is 5.41 Å². The molecule has 10 aromatic rings. The Hall–Kier alpha value is -6.76. The Morgan fingerprint density at radius 1 is 0.291 bits per heavy atom. The number of hydrogen-bond acceptors (Lipinski definition) is 0. The first-order valence-corrected chi connectivity index (χ1v) is 19.4. The molecule has 0 heterocycles. The first-order chi connectivity index (χ1) is 27.1. The van der Waals surface area contributed by atoms with Gasteiger partial charge in [-0.15, -0.1) is 0 Å². The molecule has 2 aliphatic rings. The average Bonchev–Trinajstić information content (AvgIpc) is 3.68. The molecule has 55 heavy (non-hydrogen) atoms. The summed E-state index contributed by atoms with van der Waals surface area (Å²) in [4.78, 5) is 0. The summed E-state index contributed by atoms with van der Waals surface area (Å²) in [5, 5.41) is 10.3. The minimum Gasteiger partial charge on any atom is -0.0619 e. The van der Waals surface area contributed by atoms with Crippen molar-refractivity contribution in [2.75, 3.05) is 0 Å². The molecule has 0 N–H and O–H groups in total. The molecular weight excluding hydrogens is 661 g/mol. The number of fused-ring (bicyclic) bond motifs is 9. The minimum absolute atomic E-state index is 0.0462. The summed E-state index contributed by atoms with van der Waals surface area (Å²) in [7, 11) is 0. The lowest BCUT2D eigenvalue weighted by molar-refractivity contribution is 0.660. The molecule has 256 valence electrons. The summed E-state index contributed by atoms with van der Waals surface area (Å²) < 4.78 is 0. The molecule has 0 nitrogen and oxygen atoms in total. The maximum Gasteiger partial charge on any atom is 0.0158 e. The van der Waals surface area contributed by atoms with Gasteiger partial charge in [0.25, 0.3) is 0 Å². The van der Waals surface area contributed by atoms with Crippen molar-refractivity contribution in [2.24, 2.45) is 0 Å². The highest BCUT2D eigenvalue weighted by atomic mass is 14.4. The van der Waals surface area contributed by atoms with Gasteiger partial charge in [0, 0.05) is 5.41 Å². The number of rotatable bonds is 3. The second kappa shape index (κ2) is 11.1. The molecule has 0 aromatic heterocycles. The van der Waals surface area contributed by atoms with E-state index in [0.29, 0.717) is 0 Å². The van der Waals surface area contributed by atoms with E-state index in [-0.39, 0.29) is 5.41 Å². The number of hydrogen-bond donors (Lipinski definition) is 0. The summed E-state index contributed by atoms with van der Waals surface area (Å²) in [6.45, 7) is 4.73. The summed E-state index contributed by atoms with van der Waals surface area (Å²) in [5.41, 5.74) is 18.4. The Labute approximate surface area is 321 Å². The van der Waals surface area contributed by atoms with Gasteiger partial charge in [0.15, 0.2) is 0 Å². The van der Waals surface area contributed by atoms with Gasteiger partial charge in [0.05, 0.1) is 0 Å². The molecule has 0 amide bonds. The molecule has 0 fully saturated rings. The summed E-state index contributed by atoms with van der Waals surface area (Å²) >= 11 is 0. The first kappa shape index (κ1) is 30.7. The average molecular weight is 697 g/mol. The van der Waals surface area contributed by atoms with E-state index in [1.165, 1.54) is 121 Å². The smallest absolute Gasteiger partial charge is 0.0158 e. The fraction of sp³-hybridized carbons (Fsp3) is 0.0545. The molecule has 12 rings (SSSR count). The van der Waals surface area contributed by atoms with Crippen molar-refractivity contribution in [3.8, 4) is 66.8 Å². The fourth-order valence-corrected chi connectivity index (χ4v) is 10.3. The fourth-order valence-electron chi connectivity index (χ4n) is 10.3. The van der Waals surface area contributed by atoms with Crippen molar-refractivity contribution < 1.29 is 0 Å². The molecule has 0 heteroatoms. The normalized spacial score (nSPS) is 13.4. The second-order valence-electron chi connectivity index (χ2n) is 15.9. The van der Waals surface area contributed by atoms with E-state index >= 15 is 0 Å². The van der Waals surface area contributed by atoms with Gasteiger partial charge in [0.2, 0.25) is 0 Å². The Balaban J connectivity index is 1.20. The summed E-state index contributed by atoms with van der Waals surface area (Å²) in [6, 6.07) is 68.5. The van der Waals surface area contributed by atoms with Crippen molar-refractivity contribution in [2.45, 2.75) is 19.3 Å². The maximum atomic E-state index is 2.48. The largest absolute Gasteiger partial charge is 0.0619 e. The van der Waals surface area contributed by atoms with Gasteiger partial charge in [0.1, 0.15) is 0 Å². The molecule has 2 aliphatic carbocycles. The Kier molecular flexibility index (Phi) is 6.21. The molecule has 0 saturated carbocycles. The van der Waals surface area contributed by atoms with Crippen LogP contribution in [0.5, 0.6) is 0 Å². The second-order valence-corrected chi connectivity index (χ2v) is 15.9. The van der Waals surface area contributed by atoms with Crippen LogP contribution in [0.15, 0.2) is 182 Å². The van der Waals surface area contributed by atoms with Gasteiger partial charge in [-0.2, -0.15) is 0 Å². The topological polar surface area (TPSA) is 0 Å². The van der Waals surface area contributed by atoms with Crippen molar-refractivity contribution in [1.29, 1.82) is 0 Å².